The van der Waals surface area contributed by atoms with Gasteiger partial charge in [0.15, 0.2) is 0 Å². The minimum Gasteiger partial charge on any atom is -0.456 e. The third-order valence-electron chi connectivity index (χ3n) is 9.15. The van der Waals surface area contributed by atoms with E-state index in [1.807, 2.05) is 18.2 Å². The van der Waals surface area contributed by atoms with Crippen molar-refractivity contribution in [2.24, 2.45) is 0 Å². The number of hydrogen-bond acceptors (Lipinski definition) is 2. The summed E-state index contributed by atoms with van der Waals surface area (Å²) in [4.78, 5) is 5.01. The molecule has 3 nitrogen and oxygen atoms in total. The monoisotopic (exact) mass is 560 g/mol. The Morgan fingerprint density at radius 3 is 2.14 bits per heavy atom. The molecular formula is C41H24N2O. The first kappa shape index (κ1) is 23.6. The zero-order valence-electron chi connectivity index (χ0n) is 23.7. The Bertz CT molecular complexity index is 2590. The van der Waals surface area contributed by atoms with Gasteiger partial charge in [0.2, 0.25) is 0 Å². The molecule has 0 spiro atoms. The minimum atomic E-state index is 0.936. The normalized spacial score (nSPS) is 12.1. The fourth-order valence-electron chi connectivity index (χ4n) is 7.19. The smallest absolute Gasteiger partial charge is 0.145 e. The summed E-state index contributed by atoms with van der Waals surface area (Å²) in [5, 5.41) is 4.94. The van der Waals surface area contributed by atoms with Crippen molar-refractivity contribution in [3.05, 3.63) is 146 Å². The van der Waals surface area contributed by atoms with Gasteiger partial charge in [0.1, 0.15) is 17.0 Å². The molecule has 7 aromatic carbocycles. The number of hydrogen-bond donors (Lipinski definition) is 0. The Hall–Kier alpha value is -5.93. The molecule has 1 aliphatic carbocycles. The highest BCUT2D eigenvalue weighted by Gasteiger charge is 2.25. The van der Waals surface area contributed by atoms with E-state index in [0.29, 0.717) is 0 Å². The van der Waals surface area contributed by atoms with Crippen molar-refractivity contribution in [1.82, 2.24) is 9.55 Å². The molecule has 204 valence electrons. The molecule has 0 unspecified atom stereocenters. The van der Waals surface area contributed by atoms with Crippen molar-refractivity contribution in [2.45, 2.75) is 0 Å². The molecule has 44 heavy (non-hydrogen) atoms. The number of para-hydroxylation sites is 3. The largest absolute Gasteiger partial charge is 0.456 e. The van der Waals surface area contributed by atoms with Crippen molar-refractivity contribution in [2.75, 3.05) is 0 Å². The molecule has 3 heteroatoms. The fourth-order valence-corrected chi connectivity index (χ4v) is 7.19. The molecule has 0 amide bonds. The Kier molecular flexibility index (Phi) is 4.72. The van der Waals surface area contributed by atoms with Crippen LogP contribution >= 0.6 is 0 Å². The Labute approximate surface area is 253 Å². The van der Waals surface area contributed by atoms with Crippen LogP contribution in [0.4, 0.5) is 0 Å². The molecule has 10 rings (SSSR count). The highest BCUT2D eigenvalue weighted by Crippen LogP contribution is 2.51. The van der Waals surface area contributed by atoms with Gasteiger partial charge >= 0.3 is 0 Å². The van der Waals surface area contributed by atoms with Crippen LogP contribution in [0.2, 0.25) is 0 Å². The second-order valence-electron chi connectivity index (χ2n) is 11.6. The van der Waals surface area contributed by atoms with Crippen LogP contribution in [0.15, 0.2) is 150 Å². The van der Waals surface area contributed by atoms with Crippen LogP contribution in [-0.2, 0) is 0 Å². The van der Waals surface area contributed by atoms with Gasteiger partial charge in [-0.05, 0) is 86.6 Å². The van der Waals surface area contributed by atoms with Crippen LogP contribution in [0.25, 0.3) is 94.2 Å². The molecule has 0 bridgehead atoms. The van der Waals surface area contributed by atoms with Gasteiger partial charge in [0, 0.05) is 22.0 Å². The highest BCUT2D eigenvalue weighted by atomic mass is 16.3. The fraction of sp³-hybridized carbons (Fsp3) is 0. The maximum Gasteiger partial charge on any atom is 0.145 e. The van der Waals surface area contributed by atoms with Gasteiger partial charge in [-0.2, -0.15) is 0 Å². The van der Waals surface area contributed by atoms with Gasteiger partial charge in [-0.3, -0.25) is 4.57 Å². The van der Waals surface area contributed by atoms with Crippen molar-refractivity contribution in [3.8, 4) is 50.5 Å². The number of nitrogens with zero attached hydrogens (tertiary/aromatic N) is 2. The molecule has 0 radical (unpaired) electrons. The lowest BCUT2D eigenvalue weighted by Crippen LogP contribution is -1.97. The maximum atomic E-state index is 6.33. The van der Waals surface area contributed by atoms with Crippen LogP contribution in [0.5, 0.6) is 0 Å². The van der Waals surface area contributed by atoms with Crippen LogP contribution in [0, 0.1) is 0 Å². The molecule has 1 aliphatic rings. The van der Waals surface area contributed by atoms with Gasteiger partial charge in [0.25, 0.3) is 0 Å². The molecule has 9 aromatic rings. The van der Waals surface area contributed by atoms with E-state index < -0.39 is 0 Å². The second kappa shape index (κ2) is 8.79. The first-order chi connectivity index (χ1) is 21.8. The van der Waals surface area contributed by atoms with Crippen LogP contribution in [0.3, 0.4) is 0 Å². The summed E-state index contributed by atoms with van der Waals surface area (Å²) in [5.74, 6) is 0.946. The topological polar surface area (TPSA) is 31.0 Å². The van der Waals surface area contributed by atoms with Crippen molar-refractivity contribution < 1.29 is 4.42 Å². The van der Waals surface area contributed by atoms with Crippen LogP contribution in [-0.4, -0.2) is 9.55 Å². The van der Waals surface area contributed by atoms with E-state index in [9.17, 15) is 0 Å². The lowest BCUT2D eigenvalue weighted by molar-refractivity contribution is 0.669. The first-order valence-corrected chi connectivity index (χ1v) is 15.0. The molecule has 0 N–H and O–H groups in total. The highest BCUT2D eigenvalue weighted by molar-refractivity contribution is 6.28. The average molecular weight is 561 g/mol. The molecule has 0 saturated heterocycles. The number of aromatic nitrogens is 2. The predicted octanol–water partition coefficient (Wildman–Crippen LogP) is 11.1. The van der Waals surface area contributed by atoms with Crippen molar-refractivity contribution in [1.29, 1.82) is 0 Å². The minimum absolute atomic E-state index is 0.936. The number of benzene rings is 7. The summed E-state index contributed by atoms with van der Waals surface area (Å²) in [6.45, 7) is 0. The molecule has 0 fully saturated rings. The average Bonchev–Trinajstić information content (AvgIpc) is 3.76. The number of imidazole rings is 1. The van der Waals surface area contributed by atoms with E-state index in [4.69, 9.17) is 9.40 Å². The maximum absolute atomic E-state index is 6.33. The van der Waals surface area contributed by atoms with Gasteiger partial charge < -0.3 is 4.42 Å². The van der Waals surface area contributed by atoms with E-state index >= 15 is 0 Å². The Morgan fingerprint density at radius 1 is 0.455 bits per heavy atom. The summed E-state index contributed by atoms with van der Waals surface area (Å²) >= 11 is 0. The lowest BCUT2D eigenvalue weighted by Gasteiger charge is -2.12. The van der Waals surface area contributed by atoms with E-state index in [-0.39, 0.29) is 0 Å². The van der Waals surface area contributed by atoms with Gasteiger partial charge in [-0.25, -0.2) is 4.98 Å². The summed E-state index contributed by atoms with van der Waals surface area (Å²) in [6.07, 6.45) is 0. The summed E-state index contributed by atoms with van der Waals surface area (Å²) in [7, 11) is 0. The van der Waals surface area contributed by atoms with E-state index in [0.717, 1.165) is 39.3 Å². The van der Waals surface area contributed by atoms with E-state index in [1.54, 1.807) is 0 Å². The van der Waals surface area contributed by atoms with Crippen LogP contribution in [0.1, 0.15) is 0 Å². The number of furan rings is 1. The quantitative estimate of drug-likeness (QED) is 0.215. The molecule has 2 heterocycles. The van der Waals surface area contributed by atoms with Gasteiger partial charge in [-0.1, -0.05) is 103 Å². The molecular weight excluding hydrogens is 536 g/mol. The van der Waals surface area contributed by atoms with Gasteiger partial charge in [0.05, 0.1) is 11.0 Å². The zero-order chi connectivity index (χ0) is 28.8. The van der Waals surface area contributed by atoms with E-state index in [2.05, 4.69) is 132 Å². The SMILES string of the molecule is c1ccc(-c2nc3ccccc3n2-c2ccc(-c3ccc4c(c3)-c3cccc5c3c-4cc3oc4ccccc4c35)cc2)cc1. The summed E-state index contributed by atoms with van der Waals surface area (Å²) < 4.78 is 8.59. The summed E-state index contributed by atoms with van der Waals surface area (Å²) in [5.41, 5.74) is 13.6. The lowest BCUT2D eigenvalue weighted by atomic mass is 9.97. The number of fused-ring (bicyclic) bond motifs is 8. The van der Waals surface area contributed by atoms with Crippen LogP contribution < -0.4 is 0 Å². The van der Waals surface area contributed by atoms with Crippen molar-refractivity contribution >= 4 is 43.7 Å². The Balaban J connectivity index is 1.10. The molecule has 2 aromatic heterocycles. The molecule has 0 saturated carbocycles. The van der Waals surface area contributed by atoms with Gasteiger partial charge in [-0.15, -0.1) is 0 Å². The third kappa shape index (κ3) is 3.24. The standard InChI is InChI=1S/C41H24N2O/c1-2-9-26(10-3-1)41-42-35-14-5-6-15-36(35)43(41)28-20-17-25(18-21-28)27-19-22-29-33(23-27)30-12-8-13-32-39(30)34(29)24-38-40(32)31-11-4-7-16-37(31)44-38/h1-24H. The second-order valence-corrected chi connectivity index (χ2v) is 11.6. The molecule has 0 atom stereocenters. The first-order valence-electron chi connectivity index (χ1n) is 15.0. The van der Waals surface area contributed by atoms with E-state index in [1.165, 1.54) is 54.9 Å². The van der Waals surface area contributed by atoms with Crippen molar-refractivity contribution in [3.63, 3.8) is 0 Å². The summed E-state index contributed by atoms with van der Waals surface area (Å²) in [6, 6.07) is 51.7. The Morgan fingerprint density at radius 2 is 1.23 bits per heavy atom. The molecule has 0 aliphatic heterocycles. The third-order valence-corrected chi connectivity index (χ3v) is 9.15. The predicted molar refractivity (Wildman–Crippen MR) is 181 cm³/mol. The zero-order valence-corrected chi connectivity index (χ0v) is 23.7. The number of rotatable bonds is 3.